The molecule has 2 fully saturated rings. The first kappa shape index (κ1) is 23.1. The van der Waals surface area contributed by atoms with Crippen molar-refractivity contribution in [1.29, 1.82) is 5.26 Å². The summed E-state index contributed by atoms with van der Waals surface area (Å²) in [5.74, 6) is 0.405. The van der Waals surface area contributed by atoms with E-state index in [1.54, 1.807) is 12.1 Å². The summed E-state index contributed by atoms with van der Waals surface area (Å²) >= 11 is 6.81. The number of fused-ring (bicyclic) bond motifs is 3. The summed E-state index contributed by atoms with van der Waals surface area (Å²) in [7, 11) is 1.88. The molecule has 5 rings (SSSR count). The Morgan fingerprint density at radius 1 is 1.34 bits per heavy atom. The molecule has 2 saturated heterocycles. The Balaban J connectivity index is 1.72. The molecular weight excluding hydrogens is 469 g/mol. The van der Waals surface area contributed by atoms with E-state index in [0.717, 1.165) is 23.9 Å². The van der Waals surface area contributed by atoms with Crippen molar-refractivity contribution >= 4 is 52.0 Å². The van der Waals surface area contributed by atoms with Gasteiger partial charge < -0.3 is 25.5 Å². The summed E-state index contributed by atoms with van der Waals surface area (Å²) in [5, 5.41) is 14.7. The number of nitrogens with zero attached hydrogens (tertiary/aromatic N) is 4. The smallest absolute Gasteiger partial charge is 0.347 e. The fourth-order valence-corrected chi connectivity index (χ4v) is 5.41. The van der Waals surface area contributed by atoms with Gasteiger partial charge in [0.1, 0.15) is 18.2 Å². The molecule has 0 amide bonds. The number of hydrogen-bond acceptors (Lipinski definition) is 6. The maximum Gasteiger partial charge on any atom is 0.347 e. The van der Waals surface area contributed by atoms with Crippen LogP contribution in [0, 0.1) is 11.3 Å². The van der Waals surface area contributed by atoms with Crippen molar-refractivity contribution in [1.82, 2.24) is 19.9 Å². The van der Waals surface area contributed by atoms with Crippen LogP contribution < -0.4 is 32.2 Å². The molecule has 0 spiro atoms. The Morgan fingerprint density at radius 2 is 2.06 bits per heavy atom. The lowest BCUT2D eigenvalue weighted by atomic mass is 10.0. The number of allylic oxidation sites excluding steroid dienone is 2. The maximum atomic E-state index is 13.9. The van der Waals surface area contributed by atoms with Gasteiger partial charge in [-0.15, -0.1) is 0 Å². The van der Waals surface area contributed by atoms with E-state index < -0.39 is 5.69 Å². The van der Waals surface area contributed by atoms with Crippen LogP contribution in [0.2, 0.25) is 0 Å². The second-order valence-electron chi connectivity index (χ2n) is 9.15. The maximum absolute atomic E-state index is 13.9. The van der Waals surface area contributed by atoms with E-state index in [2.05, 4.69) is 21.4 Å². The number of aryl methyl sites for hydroxylation is 1. The number of aromatic amines is 1. The van der Waals surface area contributed by atoms with E-state index in [-0.39, 0.29) is 5.35 Å². The van der Waals surface area contributed by atoms with Crippen molar-refractivity contribution in [3.8, 4) is 6.07 Å². The molecule has 0 saturated carbocycles. The SMILES string of the molecule is C\C(=C(Cl)/C=c1/c(N2CC3CCC(C2)N3)nc(=O)[nH]/c1=C\F)c1cn(C)c2ccc(N)c(C#N)c12. The molecule has 2 atom stereocenters. The lowest BCUT2D eigenvalue weighted by Gasteiger charge is -2.33. The first-order valence-corrected chi connectivity index (χ1v) is 11.8. The second-order valence-corrected chi connectivity index (χ2v) is 9.56. The largest absolute Gasteiger partial charge is 0.398 e. The Bertz CT molecular complexity index is 1580. The van der Waals surface area contributed by atoms with Crippen LogP contribution in [0.1, 0.15) is 30.9 Å². The van der Waals surface area contributed by atoms with Crippen LogP contribution in [0.25, 0.3) is 28.9 Å². The monoisotopic (exact) mass is 493 g/mol. The number of H-pyrrole nitrogens is 1. The number of halogens is 2. The van der Waals surface area contributed by atoms with Gasteiger partial charge in [-0.25, -0.2) is 9.18 Å². The van der Waals surface area contributed by atoms with Crippen LogP contribution in [0.4, 0.5) is 15.9 Å². The summed E-state index contributed by atoms with van der Waals surface area (Å²) in [5.41, 5.74) is 8.49. The number of piperazine rings is 1. The molecule has 3 aromatic rings. The Morgan fingerprint density at radius 3 is 2.71 bits per heavy atom. The van der Waals surface area contributed by atoms with Crippen molar-refractivity contribution in [3.05, 3.63) is 55.5 Å². The molecule has 0 radical (unpaired) electrons. The number of nitrogen functional groups attached to an aromatic ring is 1. The summed E-state index contributed by atoms with van der Waals surface area (Å²) in [6, 6.07) is 6.37. The number of benzene rings is 1. The molecule has 35 heavy (non-hydrogen) atoms. The number of nitriles is 1. The van der Waals surface area contributed by atoms with E-state index in [1.165, 1.54) is 0 Å². The molecule has 1 aromatic carbocycles. The zero-order chi connectivity index (χ0) is 24.9. The average molecular weight is 494 g/mol. The molecule has 2 aromatic heterocycles. The van der Waals surface area contributed by atoms with Gasteiger partial charge >= 0.3 is 5.69 Å². The molecule has 2 aliphatic rings. The van der Waals surface area contributed by atoms with Gasteiger partial charge in [-0.3, -0.25) is 0 Å². The second kappa shape index (κ2) is 8.87. The molecule has 4 N–H and O–H groups in total. The molecule has 2 bridgehead atoms. The molecule has 8 nitrogen and oxygen atoms in total. The van der Waals surface area contributed by atoms with Gasteiger partial charge in [0.05, 0.1) is 16.6 Å². The lowest BCUT2D eigenvalue weighted by molar-refractivity contribution is 0.462. The van der Waals surface area contributed by atoms with Crippen LogP contribution in [-0.2, 0) is 7.05 Å². The summed E-state index contributed by atoms with van der Waals surface area (Å²) < 4.78 is 15.8. The normalized spacial score (nSPS) is 21.5. The van der Waals surface area contributed by atoms with Crippen LogP contribution in [0.15, 0.2) is 28.2 Å². The molecule has 4 heterocycles. The van der Waals surface area contributed by atoms with Gasteiger partial charge in [-0.2, -0.15) is 10.2 Å². The van der Waals surface area contributed by atoms with Crippen molar-refractivity contribution in [3.63, 3.8) is 0 Å². The van der Waals surface area contributed by atoms with Crippen molar-refractivity contribution in [2.75, 3.05) is 23.7 Å². The summed E-state index contributed by atoms with van der Waals surface area (Å²) in [4.78, 5) is 20.9. The highest BCUT2D eigenvalue weighted by molar-refractivity contribution is 6.37. The zero-order valence-corrected chi connectivity index (χ0v) is 20.2. The quantitative estimate of drug-likeness (QED) is 0.479. The van der Waals surface area contributed by atoms with E-state index in [4.69, 9.17) is 17.3 Å². The molecule has 2 aliphatic heterocycles. The van der Waals surface area contributed by atoms with Gasteiger partial charge in [-0.05, 0) is 43.5 Å². The number of anilines is 2. The third kappa shape index (κ3) is 3.99. The van der Waals surface area contributed by atoms with Crippen molar-refractivity contribution in [2.24, 2.45) is 7.05 Å². The number of nitrogens with two attached hydrogens (primary N) is 1. The van der Waals surface area contributed by atoms with E-state index in [1.807, 2.05) is 35.7 Å². The van der Waals surface area contributed by atoms with Crippen LogP contribution in [0.5, 0.6) is 0 Å². The minimum atomic E-state index is -0.619. The molecule has 0 aliphatic carbocycles. The van der Waals surface area contributed by atoms with E-state index in [0.29, 0.717) is 69.8 Å². The third-order valence-electron chi connectivity index (χ3n) is 6.94. The minimum Gasteiger partial charge on any atom is -0.398 e. The Kier molecular flexibility index (Phi) is 5.87. The zero-order valence-electron chi connectivity index (χ0n) is 19.4. The fourth-order valence-electron chi connectivity index (χ4n) is 5.20. The standard InChI is InChI=1S/C25H25ClFN7O/c1-13(18-12-33(2)22-6-5-20(29)17(9-28)23(18)22)19(26)7-16-21(8-27)31-25(35)32-24(16)34-10-14-3-4-15(11-34)30-14/h5-8,12,14-15,30H,3-4,10-11,29H2,1-2H3,(H,31,35)/b16-7+,19-13-,21-8-. The summed E-state index contributed by atoms with van der Waals surface area (Å²) in [6.45, 7) is 3.18. The highest BCUT2D eigenvalue weighted by Gasteiger charge is 2.33. The molecule has 180 valence electrons. The lowest BCUT2D eigenvalue weighted by Crippen LogP contribution is -2.54. The predicted molar refractivity (Wildman–Crippen MR) is 137 cm³/mol. The first-order chi connectivity index (χ1) is 16.8. The highest BCUT2D eigenvalue weighted by Crippen LogP contribution is 2.34. The Labute approximate surface area is 205 Å². The Hall–Kier alpha value is -3.61. The van der Waals surface area contributed by atoms with Crippen LogP contribution in [0.3, 0.4) is 0 Å². The van der Waals surface area contributed by atoms with Crippen molar-refractivity contribution in [2.45, 2.75) is 31.8 Å². The fraction of sp³-hybridized carbons (Fsp3) is 0.320. The number of aromatic nitrogens is 3. The number of hydrogen-bond donors (Lipinski definition) is 3. The van der Waals surface area contributed by atoms with E-state index in [9.17, 15) is 14.4 Å². The van der Waals surface area contributed by atoms with E-state index >= 15 is 0 Å². The average Bonchev–Trinajstić information content (AvgIpc) is 3.36. The van der Waals surface area contributed by atoms with Crippen LogP contribution in [-0.4, -0.2) is 39.7 Å². The minimum absolute atomic E-state index is 0.0108. The number of nitrogens with one attached hydrogen (secondary N) is 2. The van der Waals surface area contributed by atoms with Gasteiger partial charge in [0, 0.05) is 65.1 Å². The van der Waals surface area contributed by atoms with Crippen molar-refractivity contribution < 1.29 is 4.39 Å². The van der Waals surface area contributed by atoms with Gasteiger partial charge in [-0.1, -0.05) is 11.6 Å². The highest BCUT2D eigenvalue weighted by atomic mass is 35.5. The molecule has 10 heteroatoms. The van der Waals surface area contributed by atoms with Gasteiger partial charge in [0.25, 0.3) is 0 Å². The van der Waals surface area contributed by atoms with Crippen LogP contribution >= 0.6 is 11.6 Å². The third-order valence-corrected chi connectivity index (χ3v) is 7.33. The first-order valence-electron chi connectivity index (χ1n) is 11.4. The predicted octanol–water partition coefficient (Wildman–Crippen LogP) is 1.81. The topological polar surface area (TPSA) is 116 Å². The molecule has 2 unspecified atom stereocenters. The number of rotatable bonds is 3. The molecular formula is C25H25ClFN7O. The van der Waals surface area contributed by atoms with Gasteiger partial charge in [0.2, 0.25) is 0 Å². The van der Waals surface area contributed by atoms with Gasteiger partial charge in [0.15, 0.2) is 0 Å². The summed E-state index contributed by atoms with van der Waals surface area (Å²) in [6.07, 6.45) is 5.98.